The third-order valence-electron chi connectivity index (χ3n) is 4.86. The van der Waals surface area contributed by atoms with Crippen molar-refractivity contribution in [1.82, 2.24) is 4.90 Å². The van der Waals surface area contributed by atoms with Gasteiger partial charge in [0.05, 0.1) is 5.92 Å². The number of carbonyl (C=O) groups is 3. The van der Waals surface area contributed by atoms with E-state index in [0.29, 0.717) is 30.5 Å². The number of hydrogen-bond donors (Lipinski definition) is 1. The highest BCUT2D eigenvalue weighted by molar-refractivity contribution is 6.07. The Bertz CT molecular complexity index is 850. The maximum absolute atomic E-state index is 12.8. The first-order chi connectivity index (χ1) is 13.0. The monoisotopic (exact) mass is 366 g/mol. The Morgan fingerprint density at radius 2 is 1.74 bits per heavy atom. The molecule has 1 N–H and O–H groups in total. The molecule has 0 radical (unpaired) electrons. The van der Waals surface area contributed by atoms with E-state index in [1.54, 1.807) is 36.2 Å². The van der Waals surface area contributed by atoms with Gasteiger partial charge in [0.25, 0.3) is 11.8 Å². The number of benzene rings is 2. The molecule has 1 aliphatic heterocycles. The maximum atomic E-state index is 12.8. The van der Waals surface area contributed by atoms with Crippen molar-refractivity contribution >= 4 is 23.5 Å². The fourth-order valence-corrected chi connectivity index (χ4v) is 3.29. The Balaban J connectivity index is 1.78. The van der Waals surface area contributed by atoms with E-state index >= 15 is 0 Å². The number of likely N-dealkylation sites (tertiary alicyclic amines) is 1. The number of rotatable bonds is 4. The first-order valence-electron chi connectivity index (χ1n) is 8.92. The molecule has 6 heteroatoms. The molecule has 1 heterocycles. The van der Waals surface area contributed by atoms with Crippen LogP contribution in [0.4, 0.5) is 5.69 Å². The van der Waals surface area contributed by atoms with Gasteiger partial charge in [0.15, 0.2) is 0 Å². The van der Waals surface area contributed by atoms with Crippen LogP contribution in [0, 0.1) is 5.92 Å². The highest BCUT2D eigenvalue weighted by Gasteiger charge is 2.29. The summed E-state index contributed by atoms with van der Waals surface area (Å²) in [4.78, 5) is 39.9. The molecule has 0 saturated carbocycles. The van der Waals surface area contributed by atoms with E-state index in [1.807, 2.05) is 30.3 Å². The summed E-state index contributed by atoms with van der Waals surface area (Å²) < 4.78 is 0. The molecule has 0 aromatic heterocycles. The second-order valence-corrected chi connectivity index (χ2v) is 6.71. The van der Waals surface area contributed by atoms with E-state index in [-0.39, 0.29) is 18.4 Å². The van der Waals surface area contributed by atoms with Gasteiger partial charge in [-0.1, -0.05) is 24.3 Å². The number of carboxylic acid groups (broad SMARTS) is 1. The Morgan fingerprint density at radius 3 is 2.44 bits per heavy atom. The molecule has 140 valence electrons. The molecule has 0 unspecified atom stereocenters. The summed E-state index contributed by atoms with van der Waals surface area (Å²) in [7, 11) is 1.69. The van der Waals surface area contributed by atoms with Gasteiger partial charge < -0.3 is 14.9 Å². The summed E-state index contributed by atoms with van der Waals surface area (Å²) >= 11 is 0. The highest BCUT2D eigenvalue weighted by Crippen LogP contribution is 2.20. The van der Waals surface area contributed by atoms with Crippen LogP contribution < -0.4 is 4.90 Å². The Morgan fingerprint density at radius 1 is 1.04 bits per heavy atom. The number of nitrogens with zero attached hydrogens (tertiary/aromatic N) is 2. The van der Waals surface area contributed by atoms with Gasteiger partial charge in [0, 0.05) is 37.0 Å². The molecule has 6 nitrogen and oxygen atoms in total. The second kappa shape index (κ2) is 8.03. The normalized spacial score (nSPS) is 16.6. The van der Waals surface area contributed by atoms with Gasteiger partial charge in [0.2, 0.25) is 0 Å². The van der Waals surface area contributed by atoms with Gasteiger partial charge in [-0.15, -0.1) is 0 Å². The highest BCUT2D eigenvalue weighted by atomic mass is 16.4. The lowest BCUT2D eigenvalue weighted by molar-refractivity contribution is -0.143. The van der Waals surface area contributed by atoms with Crippen LogP contribution in [0.3, 0.4) is 0 Å². The minimum absolute atomic E-state index is 0.205. The molecule has 1 atom stereocenters. The molecular weight excluding hydrogens is 344 g/mol. The van der Waals surface area contributed by atoms with Crippen LogP contribution >= 0.6 is 0 Å². The largest absolute Gasteiger partial charge is 0.481 e. The molecule has 0 bridgehead atoms. The number of carboxylic acids is 1. The lowest BCUT2D eigenvalue weighted by Crippen LogP contribution is -2.42. The number of amides is 2. The average molecular weight is 366 g/mol. The van der Waals surface area contributed by atoms with Crippen LogP contribution in [0.25, 0.3) is 0 Å². The van der Waals surface area contributed by atoms with Crippen LogP contribution in [0.1, 0.15) is 33.6 Å². The van der Waals surface area contributed by atoms with E-state index in [0.717, 1.165) is 5.69 Å². The van der Waals surface area contributed by atoms with E-state index in [1.165, 1.54) is 4.90 Å². The van der Waals surface area contributed by atoms with Crippen LogP contribution in [0.5, 0.6) is 0 Å². The zero-order valence-corrected chi connectivity index (χ0v) is 15.2. The SMILES string of the molecule is CN(C(=O)c1cccc(C(=O)N2CCC[C@@H](C(=O)O)C2)c1)c1ccccc1. The van der Waals surface area contributed by atoms with E-state index in [2.05, 4.69) is 0 Å². The zero-order chi connectivity index (χ0) is 19.4. The number of carbonyl (C=O) groups excluding carboxylic acids is 2. The van der Waals surface area contributed by atoms with Crippen molar-refractivity contribution in [3.05, 3.63) is 65.7 Å². The molecule has 0 aliphatic carbocycles. The summed E-state index contributed by atoms with van der Waals surface area (Å²) in [5.74, 6) is -1.85. The Hall–Kier alpha value is -3.15. The van der Waals surface area contributed by atoms with E-state index in [4.69, 9.17) is 0 Å². The first kappa shape index (κ1) is 18.6. The van der Waals surface area contributed by atoms with Gasteiger partial charge >= 0.3 is 5.97 Å². The zero-order valence-electron chi connectivity index (χ0n) is 15.2. The predicted octanol–water partition coefficient (Wildman–Crippen LogP) is 2.90. The van der Waals surface area contributed by atoms with Crippen LogP contribution in [-0.4, -0.2) is 47.9 Å². The fourth-order valence-electron chi connectivity index (χ4n) is 3.29. The summed E-state index contributed by atoms with van der Waals surface area (Å²) in [6.45, 7) is 0.737. The number of hydrogen-bond acceptors (Lipinski definition) is 3. The maximum Gasteiger partial charge on any atom is 0.308 e. The third kappa shape index (κ3) is 4.16. The summed E-state index contributed by atoms with van der Waals surface area (Å²) in [6, 6.07) is 15.9. The van der Waals surface area contributed by atoms with Gasteiger partial charge in [-0.25, -0.2) is 0 Å². The van der Waals surface area contributed by atoms with Crippen LogP contribution in [0.2, 0.25) is 0 Å². The average Bonchev–Trinajstić information content (AvgIpc) is 2.73. The molecule has 3 rings (SSSR count). The molecule has 0 spiro atoms. The van der Waals surface area contributed by atoms with Crippen molar-refractivity contribution in [1.29, 1.82) is 0 Å². The number of aliphatic carboxylic acids is 1. The van der Waals surface area contributed by atoms with Crippen molar-refractivity contribution < 1.29 is 19.5 Å². The molecule has 2 aromatic carbocycles. The topological polar surface area (TPSA) is 77.9 Å². The van der Waals surface area contributed by atoms with Crippen LogP contribution in [0.15, 0.2) is 54.6 Å². The Labute approximate surface area is 158 Å². The molecule has 1 aliphatic rings. The molecule has 1 fully saturated rings. The third-order valence-corrected chi connectivity index (χ3v) is 4.86. The van der Waals surface area contributed by atoms with Gasteiger partial charge in [-0.2, -0.15) is 0 Å². The molecule has 27 heavy (non-hydrogen) atoms. The lowest BCUT2D eigenvalue weighted by atomic mass is 9.97. The van der Waals surface area contributed by atoms with Crippen molar-refractivity contribution in [3.63, 3.8) is 0 Å². The summed E-state index contributed by atoms with van der Waals surface area (Å²) in [6.07, 6.45) is 1.25. The number of anilines is 1. The lowest BCUT2D eigenvalue weighted by Gasteiger charge is -2.30. The minimum Gasteiger partial charge on any atom is -0.481 e. The summed E-state index contributed by atoms with van der Waals surface area (Å²) in [5, 5.41) is 9.21. The van der Waals surface area contributed by atoms with Crippen molar-refractivity contribution in [2.24, 2.45) is 5.92 Å². The molecular formula is C21H22N2O4. The summed E-state index contributed by atoms with van der Waals surface area (Å²) in [5.41, 5.74) is 1.58. The van der Waals surface area contributed by atoms with Crippen molar-refractivity contribution in [2.45, 2.75) is 12.8 Å². The van der Waals surface area contributed by atoms with E-state index < -0.39 is 11.9 Å². The van der Waals surface area contributed by atoms with Crippen LogP contribution in [-0.2, 0) is 4.79 Å². The van der Waals surface area contributed by atoms with Gasteiger partial charge in [-0.05, 0) is 43.2 Å². The van der Waals surface area contributed by atoms with Crippen molar-refractivity contribution in [2.75, 3.05) is 25.0 Å². The molecule has 1 saturated heterocycles. The quantitative estimate of drug-likeness (QED) is 0.902. The van der Waals surface area contributed by atoms with Crippen molar-refractivity contribution in [3.8, 4) is 0 Å². The molecule has 2 aromatic rings. The van der Waals surface area contributed by atoms with E-state index in [9.17, 15) is 19.5 Å². The van der Waals surface area contributed by atoms with Gasteiger partial charge in [0.1, 0.15) is 0 Å². The molecule has 2 amide bonds. The first-order valence-corrected chi connectivity index (χ1v) is 8.92. The minimum atomic E-state index is -0.874. The standard InChI is InChI=1S/C21H22N2O4/c1-22(18-10-3-2-4-11-18)19(24)15-7-5-8-16(13-15)20(25)23-12-6-9-17(14-23)21(26)27/h2-5,7-8,10-11,13,17H,6,9,12,14H2,1H3,(H,26,27)/t17-/m1/s1. The van der Waals surface area contributed by atoms with Gasteiger partial charge in [-0.3, -0.25) is 14.4 Å². The fraction of sp³-hybridized carbons (Fsp3) is 0.286. The predicted molar refractivity (Wildman–Crippen MR) is 102 cm³/mol. The Kier molecular flexibility index (Phi) is 5.54. The number of para-hydroxylation sites is 1. The smallest absolute Gasteiger partial charge is 0.308 e. The second-order valence-electron chi connectivity index (χ2n) is 6.71. The number of piperidine rings is 1.